The largest absolute Gasteiger partial charge is 0.365 e. The van der Waals surface area contributed by atoms with E-state index in [0.717, 1.165) is 42.1 Å². The van der Waals surface area contributed by atoms with Crippen LogP contribution in [0.4, 0.5) is 5.69 Å². The number of piperidine rings is 1. The molecule has 0 bridgehead atoms. The Morgan fingerprint density at radius 3 is 2.68 bits per heavy atom. The van der Waals surface area contributed by atoms with Crippen molar-refractivity contribution in [1.29, 1.82) is 0 Å². The Morgan fingerprint density at radius 1 is 1.09 bits per heavy atom. The highest BCUT2D eigenvalue weighted by molar-refractivity contribution is 6.03. The highest BCUT2D eigenvalue weighted by Crippen LogP contribution is 2.36. The Labute approximate surface area is 202 Å². The number of anilines is 1. The summed E-state index contributed by atoms with van der Waals surface area (Å²) in [4.78, 5) is 29.3. The third kappa shape index (κ3) is 4.72. The fourth-order valence-corrected chi connectivity index (χ4v) is 6.46. The highest BCUT2D eigenvalue weighted by atomic mass is 16.2. The summed E-state index contributed by atoms with van der Waals surface area (Å²) in [5.74, 6) is 0.188. The van der Waals surface area contributed by atoms with Crippen LogP contribution in [-0.2, 0) is 16.6 Å². The van der Waals surface area contributed by atoms with E-state index in [1.165, 1.54) is 57.2 Å². The number of nitrogens with zero attached hydrogens (tertiary/aromatic N) is 4. The van der Waals surface area contributed by atoms with Crippen molar-refractivity contribution in [2.75, 3.05) is 31.1 Å². The van der Waals surface area contributed by atoms with Crippen molar-refractivity contribution >= 4 is 28.4 Å². The number of carbonyl (C=O) groups excluding carboxylic acids is 2. The lowest BCUT2D eigenvalue weighted by atomic mass is 9.86. The Balaban J connectivity index is 1.27. The van der Waals surface area contributed by atoms with Crippen LogP contribution in [0.1, 0.15) is 76.3 Å². The zero-order valence-corrected chi connectivity index (χ0v) is 20.8. The van der Waals surface area contributed by atoms with Gasteiger partial charge in [0.05, 0.1) is 22.8 Å². The molecular formula is C27H39N5O2. The molecule has 3 heterocycles. The van der Waals surface area contributed by atoms with Gasteiger partial charge in [-0.3, -0.25) is 24.5 Å². The van der Waals surface area contributed by atoms with E-state index in [0.29, 0.717) is 18.9 Å². The van der Waals surface area contributed by atoms with Gasteiger partial charge in [-0.25, -0.2) is 0 Å². The van der Waals surface area contributed by atoms with Crippen LogP contribution in [0.3, 0.4) is 0 Å². The van der Waals surface area contributed by atoms with E-state index in [1.807, 2.05) is 11.7 Å². The van der Waals surface area contributed by atoms with Crippen molar-refractivity contribution in [2.45, 2.75) is 76.7 Å². The van der Waals surface area contributed by atoms with Gasteiger partial charge in [-0.2, -0.15) is 5.10 Å². The van der Waals surface area contributed by atoms with Crippen LogP contribution >= 0.6 is 0 Å². The smallest absolute Gasteiger partial charge is 0.235 e. The summed E-state index contributed by atoms with van der Waals surface area (Å²) in [7, 11) is 1.97. The Bertz CT molecular complexity index is 1040. The van der Waals surface area contributed by atoms with Gasteiger partial charge >= 0.3 is 0 Å². The van der Waals surface area contributed by atoms with Crippen LogP contribution in [0, 0.1) is 5.92 Å². The molecule has 1 aromatic carbocycles. The molecule has 3 fully saturated rings. The van der Waals surface area contributed by atoms with Gasteiger partial charge in [0.15, 0.2) is 0 Å². The number of carbonyl (C=O) groups is 2. The molecule has 5 rings (SSSR count). The number of amides is 2. The van der Waals surface area contributed by atoms with Crippen LogP contribution < -0.4 is 10.2 Å². The van der Waals surface area contributed by atoms with Crippen molar-refractivity contribution in [1.82, 2.24) is 20.0 Å². The number of para-hydroxylation sites is 1. The van der Waals surface area contributed by atoms with Crippen LogP contribution in [0.2, 0.25) is 0 Å². The zero-order chi connectivity index (χ0) is 23.7. The van der Waals surface area contributed by atoms with Gasteiger partial charge in [0.1, 0.15) is 0 Å². The monoisotopic (exact) mass is 465 g/mol. The van der Waals surface area contributed by atoms with E-state index in [-0.39, 0.29) is 17.7 Å². The molecule has 2 saturated heterocycles. The molecule has 7 heteroatoms. The van der Waals surface area contributed by atoms with Crippen LogP contribution in [0.25, 0.3) is 10.9 Å². The van der Waals surface area contributed by atoms with E-state index < -0.39 is 0 Å². The van der Waals surface area contributed by atoms with Gasteiger partial charge in [-0.15, -0.1) is 0 Å². The number of aryl methyl sites for hydroxylation is 1. The second kappa shape index (κ2) is 10.1. The predicted octanol–water partition coefficient (Wildman–Crippen LogP) is 3.96. The molecule has 2 aliphatic heterocycles. The molecule has 1 unspecified atom stereocenters. The molecule has 2 amide bonds. The van der Waals surface area contributed by atoms with Gasteiger partial charge in [0.25, 0.3) is 0 Å². The molecule has 184 valence electrons. The lowest BCUT2D eigenvalue weighted by Crippen LogP contribution is -2.52. The van der Waals surface area contributed by atoms with Crippen LogP contribution in [0.5, 0.6) is 0 Å². The van der Waals surface area contributed by atoms with E-state index in [9.17, 15) is 9.59 Å². The molecule has 34 heavy (non-hydrogen) atoms. The maximum Gasteiger partial charge on any atom is 0.235 e. The number of nitrogens with one attached hydrogen (secondary N) is 1. The number of rotatable bonds is 6. The molecular weight excluding hydrogens is 426 g/mol. The third-order valence-electron chi connectivity index (χ3n) is 8.27. The quantitative estimate of drug-likeness (QED) is 0.654. The maximum absolute atomic E-state index is 12.5. The van der Waals surface area contributed by atoms with Crippen LogP contribution in [-0.4, -0.2) is 58.7 Å². The predicted molar refractivity (Wildman–Crippen MR) is 135 cm³/mol. The Kier molecular flexibility index (Phi) is 6.91. The minimum atomic E-state index is -0.366. The van der Waals surface area contributed by atoms with E-state index in [2.05, 4.69) is 40.2 Å². The van der Waals surface area contributed by atoms with Crippen molar-refractivity contribution in [3.05, 3.63) is 23.9 Å². The summed E-state index contributed by atoms with van der Waals surface area (Å²) in [5.41, 5.74) is 3.07. The molecule has 1 aromatic heterocycles. The van der Waals surface area contributed by atoms with Crippen LogP contribution in [0.15, 0.2) is 18.2 Å². The minimum Gasteiger partial charge on any atom is -0.365 e. The molecule has 0 spiro atoms. The summed E-state index contributed by atoms with van der Waals surface area (Å²) >= 11 is 0. The van der Waals surface area contributed by atoms with Gasteiger partial charge < -0.3 is 4.90 Å². The van der Waals surface area contributed by atoms with Gasteiger partial charge in [-0.1, -0.05) is 44.2 Å². The van der Waals surface area contributed by atoms with Crippen molar-refractivity contribution in [2.24, 2.45) is 13.0 Å². The molecule has 7 nitrogen and oxygen atoms in total. The van der Waals surface area contributed by atoms with Crippen molar-refractivity contribution in [3.63, 3.8) is 0 Å². The van der Waals surface area contributed by atoms with E-state index in [4.69, 9.17) is 5.10 Å². The average Bonchev–Trinajstić information content (AvgIpc) is 3.16. The zero-order valence-electron chi connectivity index (χ0n) is 20.8. The Morgan fingerprint density at radius 2 is 1.91 bits per heavy atom. The summed E-state index contributed by atoms with van der Waals surface area (Å²) < 4.78 is 1.92. The molecule has 1 aliphatic carbocycles. The number of imide groups is 1. The number of benzene rings is 1. The first-order chi connectivity index (χ1) is 16.5. The third-order valence-corrected chi connectivity index (χ3v) is 8.27. The van der Waals surface area contributed by atoms with Gasteiger partial charge in [-0.05, 0) is 44.7 Å². The molecule has 2 aromatic rings. The number of hydrogen-bond donors (Lipinski definition) is 1. The molecule has 0 radical (unpaired) electrons. The molecule has 3 aliphatic rings. The van der Waals surface area contributed by atoms with Gasteiger partial charge in [0, 0.05) is 44.5 Å². The lowest BCUT2D eigenvalue weighted by molar-refractivity contribution is -0.134. The first kappa shape index (κ1) is 23.3. The molecule has 1 N–H and O–H groups in total. The summed E-state index contributed by atoms with van der Waals surface area (Å²) in [5, 5.41) is 8.29. The second-order valence-electron chi connectivity index (χ2n) is 10.7. The van der Waals surface area contributed by atoms with E-state index >= 15 is 0 Å². The first-order valence-electron chi connectivity index (χ1n) is 13.3. The fraction of sp³-hybridized carbons (Fsp3) is 0.667. The first-order valence-corrected chi connectivity index (χ1v) is 13.3. The summed E-state index contributed by atoms with van der Waals surface area (Å²) in [6.45, 7) is 6.71. The van der Waals surface area contributed by atoms with Crippen molar-refractivity contribution in [3.8, 4) is 0 Å². The average molecular weight is 466 g/mol. The number of aromatic nitrogens is 2. The lowest BCUT2D eigenvalue weighted by Gasteiger charge is -2.41. The number of hydrogen-bond acceptors (Lipinski definition) is 5. The van der Waals surface area contributed by atoms with E-state index in [1.54, 1.807) is 0 Å². The summed E-state index contributed by atoms with van der Waals surface area (Å²) in [6, 6.07) is 6.76. The number of piperazine rings is 1. The standard InChI is InChI=1S/C27H39N5O2/c1-19-18-31(15-7-10-20-8-4-3-5-9-20)16-17-32(19)23-12-6-11-21-25(29-30(2)26(21)23)22-13-14-24(33)28-27(22)34/h6,11-12,19-20,22H,3-5,7-10,13-18H2,1-2H3,(H,28,33,34)/t19-,22?/m0/s1. The maximum atomic E-state index is 12.5. The Hall–Kier alpha value is -2.41. The normalized spacial score (nSPS) is 25.2. The van der Waals surface area contributed by atoms with Crippen molar-refractivity contribution < 1.29 is 9.59 Å². The molecule has 1 saturated carbocycles. The highest BCUT2D eigenvalue weighted by Gasteiger charge is 2.33. The summed E-state index contributed by atoms with van der Waals surface area (Å²) in [6.07, 6.45) is 10.8. The van der Waals surface area contributed by atoms with Gasteiger partial charge in [0.2, 0.25) is 11.8 Å². The SMILES string of the molecule is C[C@H]1CN(CCCC2CCCCC2)CCN1c1cccc2c(C3CCC(=O)NC3=O)nn(C)c12. The number of fused-ring (bicyclic) bond motifs is 1. The topological polar surface area (TPSA) is 70.5 Å². The second-order valence-corrected chi connectivity index (χ2v) is 10.7. The fourth-order valence-electron chi connectivity index (χ4n) is 6.46. The molecule has 2 atom stereocenters. The minimum absolute atomic E-state index is 0.187.